The van der Waals surface area contributed by atoms with Crippen molar-refractivity contribution >= 4 is 6.16 Å². The van der Waals surface area contributed by atoms with Crippen LogP contribution in [0.15, 0.2) is 5.28 Å². The van der Waals surface area contributed by atoms with E-state index in [1.807, 2.05) is 13.8 Å². The Bertz CT molecular complexity index is 280. The monoisotopic (exact) mass is 277 g/mol. The van der Waals surface area contributed by atoms with Gasteiger partial charge in [0.15, 0.2) is 0 Å². The van der Waals surface area contributed by atoms with Gasteiger partial charge in [0.2, 0.25) is 5.28 Å². The van der Waals surface area contributed by atoms with Crippen molar-refractivity contribution in [3.05, 3.63) is 5.21 Å². The fraction of sp³-hybridized carbons (Fsp3) is 0.909. The standard InChI is InChI=1S/C11H23N3O5/c1-5-13(6-2)14(16)12-18-9-7-8-17-11(15)19-10(3)4/h10H,5-9H2,1-4H3/b14-12-. The number of hydrogen-bond acceptors (Lipinski definition) is 6. The zero-order valence-electron chi connectivity index (χ0n) is 12.0. The minimum Gasteiger partial charge on any atom is -0.569 e. The lowest BCUT2D eigenvalue weighted by Crippen LogP contribution is -2.30. The van der Waals surface area contributed by atoms with Gasteiger partial charge in [-0.15, -0.1) is 5.01 Å². The van der Waals surface area contributed by atoms with E-state index in [1.54, 1.807) is 13.8 Å². The van der Waals surface area contributed by atoms with Crippen LogP contribution in [0.1, 0.15) is 34.1 Å². The van der Waals surface area contributed by atoms with Crippen molar-refractivity contribution in [2.45, 2.75) is 40.2 Å². The summed E-state index contributed by atoms with van der Waals surface area (Å²) in [6.45, 7) is 8.61. The maximum Gasteiger partial charge on any atom is 0.508 e. The van der Waals surface area contributed by atoms with Gasteiger partial charge >= 0.3 is 6.16 Å². The van der Waals surface area contributed by atoms with E-state index in [4.69, 9.17) is 14.3 Å². The van der Waals surface area contributed by atoms with Gasteiger partial charge in [0, 0.05) is 6.42 Å². The van der Waals surface area contributed by atoms with E-state index in [-0.39, 0.29) is 19.3 Å². The number of ether oxygens (including phenoxy) is 2. The van der Waals surface area contributed by atoms with Crippen molar-refractivity contribution in [2.75, 3.05) is 26.3 Å². The van der Waals surface area contributed by atoms with E-state index in [9.17, 15) is 10.0 Å². The average molecular weight is 277 g/mol. The summed E-state index contributed by atoms with van der Waals surface area (Å²) in [5.74, 6) is 0. The fourth-order valence-corrected chi connectivity index (χ4v) is 1.11. The van der Waals surface area contributed by atoms with Gasteiger partial charge in [-0.3, -0.25) is 0 Å². The van der Waals surface area contributed by atoms with Gasteiger partial charge in [0.25, 0.3) is 0 Å². The van der Waals surface area contributed by atoms with E-state index >= 15 is 0 Å². The molecule has 0 aromatic carbocycles. The summed E-state index contributed by atoms with van der Waals surface area (Å²) in [6, 6.07) is 0. The summed E-state index contributed by atoms with van der Waals surface area (Å²) in [5.41, 5.74) is 0. The molecule has 0 rings (SSSR count). The maximum atomic E-state index is 11.3. The molecule has 8 nitrogen and oxygen atoms in total. The van der Waals surface area contributed by atoms with Gasteiger partial charge in [-0.2, -0.15) is 0 Å². The van der Waals surface area contributed by atoms with Crippen molar-refractivity contribution < 1.29 is 24.1 Å². The smallest absolute Gasteiger partial charge is 0.508 e. The van der Waals surface area contributed by atoms with Crippen LogP contribution in [0.25, 0.3) is 0 Å². The molecule has 0 radical (unpaired) electrons. The molecular weight excluding hydrogens is 254 g/mol. The number of hydrazine groups is 1. The van der Waals surface area contributed by atoms with Crippen LogP contribution in [-0.2, 0) is 14.3 Å². The predicted octanol–water partition coefficient (Wildman–Crippen LogP) is 2.09. The molecule has 0 fully saturated rings. The van der Waals surface area contributed by atoms with Crippen LogP contribution in [0.2, 0.25) is 0 Å². The predicted molar refractivity (Wildman–Crippen MR) is 67.1 cm³/mol. The second-order valence-electron chi connectivity index (χ2n) is 3.93. The van der Waals surface area contributed by atoms with Crippen LogP contribution in [-0.4, -0.2) is 48.5 Å². The minimum atomic E-state index is -0.708. The van der Waals surface area contributed by atoms with Crippen molar-refractivity contribution in [2.24, 2.45) is 5.28 Å². The number of carbonyl (C=O) groups is 1. The van der Waals surface area contributed by atoms with Crippen LogP contribution in [0, 0.1) is 5.21 Å². The van der Waals surface area contributed by atoms with E-state index in [1.165, 1.54) is 5.01 Å². The van der Waals surface area contributed by atoms with E-state index < -0.39 is 6.16 Å². The average Bonchev–Trinajstić information content (AvgIpc) is 2.34. The summed E-state index contributed by atoms with van der Waals surface area (Å²) in [6.07, 6.45) is -0.481. The van der Waals surface area contributed by atoms with Gasteiger partial charge < -0.3 is 19.5 Å². The second-order valence-corrected chi connectivity index (χ2v) is 3.93. The Hall–Kier alpha value is -1.73. The fourth-order valence-electron chi connectivity index (χ4n) is 1.11. The van der Waals surface area contributed by atoms with Gasteiger partial charge in [-0.05, 0) is 27.7 Å². The molecule has 0 aliphatic rings. The van der Waals surface area contributed by atoms with Gasteiger partial charge in [0.1, 0.15) is 6.61 Å². The van der Waals surface area contributed by atoms with E-state index in [2.05, 4.69) is 5.28 Å². The summed E-state index contributed by atoms with van der Waals surface area (Å²) in [5, 5.41) is 16.1. The third-order valence-corrected chi connectivity index (χ3v) is 2.03. The third-order valence-electron chi connectivity index (χ3n) is 2.03. The first kappa shape index (κ1) is 17.3. The Balaban J connectivity index is 3.64. The highest BCUT2D eigenvalue weighted by molar-refractivity contribution is 5.59. The van der Waals surface area contributed by atoms with Crippen molar-refractivity contribution in [1.82, 2.24) is 5.01 Å². The molecule has 0 N–H and O–H groups in total. The van der Waals surface area contributed by atoms with Crippen LogP contribution >= 0.6 is 0 Å². The summed E-state index contributed by atoms with van der Waals surface area (Å²) < 4.78 is 9.53. The number of carbonyl (C=O) groups excluding carboxylic acids is 1. The van der Waals surface area contributed by atoms with Gasteiger partial charge in [-0.25, -0.2) is 4.79 Å². The van der Waals surface area contributed by atoms with Crippen molar-refractivity contribution in [1.29, 1.82) is 0 Å². The molecule has 0 saturated carbocycles. The zero-order chi connectivity index (χ0) is 14.7. The molecule has 19 heavy (non-hydrogen) atoms. The molecule has 0 amide bonds. The lowest BCUT2D eigenvalue weighted by molar-refractivity contribution is -0.710. The Morgan fingerprint density at radius 2 is 1.95 bits per heavy atom. The first-order chi connectivity index (χ1) is 9.01. The summed E-state index contributed by atoms with van der Waals surface area (Å²) in [7, 11) is 0. The topological polar surface area (TPSA) is 86.4 Å². The largest absolute Gasteiger partial charge is 0.569 e. The van der Waals surface area contributed by atoms with Crippen LogP contribution < -0.4 is 0 Å². The van der Waals surface area contributed by atoms with Crippen LogP contribution in [0.3, 0.4) is 0 Å². The number of hydrogen-bond donors (Lipinski definition) is 0. The molecule has 0 aromatic heterocycles. The summed E-state index contributed by atoms with van der Waals surface area (Å²) in [4.78, 5) is 16.2. The molecule has 8 heteroatoms. The number of nitrogens with zero attached hydrogens (tertiary/aromatic N) is 3. The first-order valence-electron chi connectivity index (χ1n) is 6.39. The highest BCUT2D eigenvalue weighted by Gasteiger charge is 2.07. The van der Waals surface area contributed by atoms with Crippen LogP contribution in [0.4, 0.5) is 4.79 Å². The Morgan fingerprint density at radius 1 is 1.32 bits per heavy atom. The van der Waals surface area contributed by atoms with Crippen molar-refractivity contribution in [3.8, 4) is 0 Å². The Labute approximate surface area is 113 Å². The number of rotatable bonds is 9. The van der Waals surface area contributed by atoms with Gasteiger partial charge in [0.05, 0.1) is 30.8 Å². The molecule has 0 aliphatic heterocycles. The quantitative estimate of drug-likeness (QED) is 0.211. The molecule has 0 atom stereocenters. The van der Waals surface area contributed by atoms with Gasteiger partial charge in [-0.1, -0.05) is 0 Å². The van der Waals surface area contributed by atoms with E-state index in [0.29, 0.717) is 24.5 Å². The highest BCUT2D eigenvalue weighted by atomic mass is 16.7. The Morgan fingerprint density at radius 3 is 2.47 bits per heavy atom. The lowest BCUT2D eigenvalue weighted by Gasteiger charge is -2.13. The molecule has 0 aliphatic carbocycles. The SMILES string of the molecule is CCN(CC)/[N+]([O-])=N/OCCCOC(=O)OC(C)C. The minimum absolute atomic E-state index is 0.158. The Kier molecular flexibility index (Phi) is 9.29. The molecule has 0 heterocycles. The molecule has 0 unspecified atom stereocenters. The highest BCUT2D eigenvalue weighted by Crippen LogP contribution is 1.95. The summed E-state index contributed by atoms with van der Waals surface area (Å²) >= 11 is 0. The molecule has 112 valence electrons. The van der Waals surface area contributed by atoms with Crippen LogP contribution in [0.5, 0.6) is 0 Å². The molecule has 0 aromatic rings. The van der Waals surface area contributed by atoms with Crippen molar-refractivity contribution in [3.63, 3.8) is 0 Å². The first-order valence-corrected chi connectivity index (χ1v) is 6.39. The molecule has 0 saturated heterocycles. The zero-order valence-corrected chi connectivity index (χ0v) is 12.0. The molecule has 0 spiro atoms. The van der Waals surface area contributed by atoms with E-state index in [0.717, 1.165) is 0 Å². The normalized spacial score (nSPS) is 11.3. The molecular formula is C11H23N3O5. The second kappa shape index (κ2) is 10.2. The maximum absolute atomic E-state index is 11.3. The lowest BCUT2D eigenvalue weighted by atomic mass is 10.5. The molecule has 0 bridgehead atoms. The third kappa shape index (κ3) is 8.92.